The minimum absolute atomic E-state index is 0.0681. The molecular formula is C29H38BN3O7. The van der Waals surface area contributed by atoms with E-state index in [1.54, 1.807) is 12.3 Å². The zero-order valence-corrected chi connectivity index (χ0v) is 23.6. The fourth-order valence-corrected chi connectivity index (χ4v) is 7.38. The summed E-state index contributed by atoms with van der Waals surface area (Å²) in [7, 11) is -0.407. The highest BCUT2D eigenvalue weighted by atomic mass is 16.7. The lowest BCUT2D eigenvalue weighted by atomic mass is 9.43. The number of benzene rings is 1. The Morgan fingerprint density at radius 2 is 2.05 bits per heavy atom. The lowest BCUT2D eigenvalue weighted by Gasteiger charge is -2.64. The molecule has 2 bridgehead atoms. The molecule has 5 fully saturated rings. The molecule has 5 unspecified atom stereocenters. The van der Waals surface area contributed by atoms with Crippen LogP contribution in [-0.4, -0.2) is 77.7 Å². The molecule has 2 aliphatic heterocycles. The van der Waals surface area contributed by atoms with Crippen molar-refractivity contribution < 1.29 is 33.5 Å². The highest BCUT2D eigenvalue weighted by Gasteiger charge is 2.69. The molecule has 3 saturated carbocycles. The molecule has 2 aromatic rings. The summed E-state index contributed by atoms with van der Waals surface area (Å²) in [6, 6.07) is 7.16. The van der Waals surface area contributed by atoms with Gasteiger partial charge in [0.25, 0.3) is 12.4 Å². The van der Waals surface area contributed by atoms with Gasteiger partial charge in [-0.3, -0.25) is 19.4 Å². The van der Waals surface area contributed by atoms with Crippen LogP contribution in [0, 0.1) is 17.3 Å². The van der Waals surface area contributed by atoms with Gasteiger partial charge in [-0.2, -0.15) is 0 Å². The molecule has 5 atom stereocenters. The van der Waals surface area contributed by atoms with E-state index >= 15 is 0 Å². The van der Waals surface area contributed by atoms with E-state index < -0.39 is 7.12 Å². The molecular weight excluding hydrogens is 513 g/mol. The van der Waals surface area contributed by atoms with Crippen LogP contribution in [-0.2, 0) is 18.9 Å². The van der Waals surface area contributed by atoms with Crippen LogP contribution in [0.4, 0.5) is 0 Å². The Kier molecular flexibility index (Phi) is 7.80. The van der Waals surface area contributed by atoms with Gasteiger partial charge >= 0.3 is 7.12 Å². The van der Waals surface area contributed by atoms with Gasteiger partial charge in [0.15, 0.2) is 0 Å². The molecule has 3 aliphatic carbocycles. The van der Waals surface area contributed by atoms with E-state index in [1.807, 2.05) is 30.0 Å². The molecule has 3 heterocycles. The van der Waals surface area contributed by atoms with Crippen LogP contribution in [0.2, 0.25) is 0 Å². The normalized spacial score (nSPS) is 29.6. The SMILES string of the molecule is CCOc1ccc2c(C(=O)NCC(=O)N3CCCC3B3OC4CC5CC(C5(C)C)C4(C)O3)ccnc2c1.O=CO. The van der Waals surface area contributed by atoms with E-state index in [-0.39, 0.29) is 47.9 Å². The predicted octanol–water partition coefficient (Wildman–Crippen LogP) is 3.32. The van der Waals surface area contributed by atoms with Crippen molar-refractivity contribution in [2.45, 2.75) is 71.0 Å². The maximum absolute atomic E-state index is 13.3. The second-order valence-electron chi connectivity index (χ2n) is 11.9. The molecule has 1 aromatic heterocycles. The van der Waals surface area contributed by atoms with Gasteiger partial charge in [0.05, 0.1) is 41.9 Å². The lowest BCUT2D eigenvalue weighted by Crippen LogP contribution is -2.65. The van der Waals surface area contributed by atoms with E-state index in [0.29, 0.717) is 41.8 Å². The number of nitrogens with one attached hydrogen (secondary N) is 1. The Morgan fingerprint density at radius 3 is 2.77 bits per heavy atom. The Morgan fingerprint density at radius 1 is 1.27 bits per heavy atom. The monoisotopic (exact) mass is 551 g/mol. The molecule has 5 aliphatic rings. The number of hydrogen-bond acceptors (Lipinski definition) is 7. The Hall–Kier alpha value is -3.18. The number of ether oxygens (including phenoxy) is 1. The second kappa shape index (κ2) is 11.0. The van der Waals surface area contributed by atoms with Crippen molar-refractivity contribution in [2.75, 3.05) is 19.7 Å². The van der Waals surface area contributed by atoms with Crippen molar-refractivity contribution in [3.05, 3.63) is 36.0 Å². The maximum Gasteiger partial charge on any atom is 0.481 e. The first kappa shape index (κ1) is 28.4. The molecule has 2 saturated heterocycles. The summed E-state index contributed by atoms with van der Waals surface area (Å²) in [6.07, 6.45) is 5.68. The third-order valence-corrected chi connectivity index (χ3v) is 9.57. The summed E-state index contributed by atoms with van der Waals surface area (Å²) in [5, 5.41) is 10.4. The molecule has 2 N–H and O–H groups in total. The molecule has 1 aromatic carbocycles. The molecule has 214 valence electrons. The van der Waals surface area contributed by atoms with Gasteiger partial charge < -0.3 is 29.4 Å². The van der Waals surface area contributed by atoms with E-state index in [1.165, 1.54) is 6.42 Å². The summed E-state index contributed by atoms with van der Waals surface area (Å²) in [6.45, 7) is 9.72. The number of aromatic nitrogens is 1. The Balaban J connectivity index is 0.00000103. The second-order valence-corrected chi connectivity index (χ2v) is 11.9. The van der Waals surface area contributed by atoms with E-state index in [0.717, 1.165) is 24.6 Å². The maximum atomic E-state index is 13.3. The first-order chi connectivity index (χ1) is 19.1. The van der Waals surface area contributed by atoms with E-state index in [9.17, 15) is 9.59 Å². The van der Waals surface area contributed by atoms with Crippen molar-refractivity contribution in [1.29, 1.82) is 0 Å². The highest BCUT2D eigenvalue weighted by Crippen LogP contribution is 2.65. The molecule has 11 heteroatoms. The van der Waals surface area contributed by atoms with Crippen molar-refractivity contribution in [1.82, 2.24) is 15.2 Å². The largest absolute Gasteiger partial charge is 0.494 e. The molecule has 40 heavy (non-hydrogen) atoms. The smallest absolute Gasteiger partial charge is 0.481 e. The number of fused-ring (bicyclic) bond motifs is 1. The molecule has 7 rings (SSSR count). The van der Waals surface area contributed by atoms with Gasteiger partial charge in [0.1, 0.15) is 5.75 Å². The minimum Gasteiger partial charge on any atom is -0.494 e. The first-order valence-electron chi connectivity index (χ1n) is 14.1. The van der Waals surface area contributed by atoms with Gasteiger partial charge in [-0.05, 0) is 75.0 Å². The number of hydrogen-bond donors (Lipinski definition) is 2. The van der Waals surface area contributed by atoms with Crippen LogP contribution < -0.4 is 10.1 Å². The predicted molar refractivity (Wildman–Crippen MR) is 149 cm³/mol. The van der Waals surface area contributed by atoms with Gasteiger partial charge in [0, 0.05) is 24.2 Å². The van der Waals surface area contributed by atoms with Crippen molar-refractivity contribution in [3.63, 3.8) is 0 Å². The summed E-state index contributed by atoms with van der Waals surface area (Å²) in [5.41, 5.74) is 1.15. The van der Waals surface area contributed by atoms with Gasteiger partial charge in [0.2, 0.25) is 5.91 Å². The third kappa shape index (κ3) is 4.83. The van der Waals surface area contributed by atoms with E-state index in [4.69, 9.17) is 23.9 Å². The number of carboxylic acid groups (broad SMARTS) is 1. The summed E-state index contributed by atoms with van der Waals surface area (Å²) >= 11 is 0. The number of carbonyl (C=O) groups excluding carboxylic acids is 2. The van der Waals surface area contributed by atoms with Crippen LogP contribution in [0.1, 0.15) is 63.7 Å². The van der Waals surface area contributed by atoms with Crippen LogP contribution >= 0.6 is 0 Å². The van der Waals surface area contributed by atoms with Crippen LogP contribution in [0.25, 0.3) is 10.9 Å². The molecule has 0 radical (unpaired) electrons. The number of amides is 2. The van der Waals surface area contributed by atoms with Gasteiger partial charge in [-0.1, -0.05) is 13.8 Å². The van der Waals surface area contributed by atoms with Crippen molar-refractivity contribution in [3.8, 4) is 5.75 Å². The number of likely N-dealkylation sites (tertiary alicyclic amines) is 1. The standard InChI is InChI=1S/C28H36BN3O5.CH2O2/c1-5-35-18-8-9-19-20(10-11-30-21(19)15-18)26(34)31-16-25(33)32-12-6-7-24(32)29-36-23-14-17-13-22(27(17,2)3)28(23,4)37-29;2-1-3/h8-11,15,17,22-24H,5-7,12-14,16H2,1-4H3,(H,31,34);1H,(H,2,3). The number of carbonyl (C=O) groups is 3. The zero-order chi connectivity index (χ0) is 28.7. The zero-order valence-electron chi connectivity index (χ0n) is 23.6. The summed E-state index contributed by atoms with van der Waals surface area (Å²) in [5.74, 6) is 1.36. The first-order valence-corrected chi connectivity index (χ1v) is 14.1. The quantitative estimate of drug-likeness (QED) is 0.414. The third-order valence-electron chi connectivity index (χ3n) is 9.57. The van der Waals surface area contributed by atoms with Crippen molar-refractivity contribution >= 4 is 36.3 Å². The fourth-order valence-electron chi connectivity index (χ4n) is 7.38. The summed E-state index contributed by atoms with van der Waals surface area (Å²) in [4.78, 5) is 40.9. The number of pyridine rings is 1. The molecule has 10 nitrogen and oxygen atoms in total. The van der Waals surface area contributed by atoms with Crippen LogP contribution in [0.15, 0.2) is 30.5 Å². The van der Waals surface area contributed by atoms with Crippen molar-refractivity contribution in [2.24, 2.45) is 17.3 Å². The average molecular weight is 551 g/mol. The van der Waals surface area contributed by atoms with Crippen LogP contribution in [0.5, 0.6) is 5.75 Å². The van der Waals surface area contributed by atoms with Gasteiger partial charge in [-0.25, -0.2) is 0 Å². The fraction of sp³-hybridized carbons (Fsp3) is 0.586. The number of nitrogens with zero attached hydrogens (tertiary/aromatic N) is 2. The highest BCUT2D eigenvalue weighted by molar-refractivity contribution is 6.48. The topological polar surface area (TPSA) is 127 Å². The van der Waals surface area contributed by atoms with E-state index in [2.05, 4.69) is 31.1 Å². The van der Waals surface area contributed by atoms with Gasteiger partial charge in [-0.15, -0.1) is 0 Å². The minimum atomic E-state index is -0.407. The average Bonchev–Trinajstić information content (AvgIpc) is 3.56. The molecule has 0 spiro atoms. The Labute approximate surface area is 234 Å². The Bertz CT molecular complexity index is 1290. The molecule has 2 amide bonds. The van der Waals surface area contributed by atoms with Crippen LogP contribution in [0.3, 0.4) is 0 Å². The lowest BCUT2D eigenvalue weighted by molar-refractivity contribution is -0.199. The number of rotatable bonds is 6. The summed E-state index contributed by atoms with van der Waals surface area (Å²) < 4.78 is 18.7.